The topological polar surface area (TPSA) is 57.8 Å². The standard InChI is InChI=1S/C11H12ClN3OS/c1-6-5-13-11(14-6)15-10(16)7(2)8-3-4-9(12)17-8/h3-5,7H,1-2H3,(H2,13,14,15,16). The van der Waals surface area contributed by atoms with Crippen molar-refractivity contribution in [2.45, 2.75) is 19.8 Å². The molecule has 17 heavy (non-hydrogen) atoms. The van der Waals surface area contributed by atoms with Gasteiger partial charge in [-0.2, -0.15) is 0 Å². The van der Waals surface area contributed by atoms with E-state index in [4.69, 9.17) is 11.6 Å². The number of hydrogen-bond acceptors (Lipinski definition) is 3. The third kappa shape index (κ3) is 2.87. The van der Waals surface area contributed by atoms with Crippen molar-refractivity contribution in [2.24, 2.45) is 0 Å². The van der Waals surface area contributed by atoms with E-state index >= 15 is 0 Å². The summed E-state index contributed by atoms with van der Waals surface area (Å²) in [6, 6.07) is 3.66. The fourth-order valence-electron chi connectivity index (χ4n) is 1.39. The molecule has 2 heterocycles. The molecule has 2 rings (SSSR count). The molecular formula is C11H12ClN3OS. The average Bonchev–Trinajstić information content (AvgIpc) is 2.87. The van der Waals surface area contributed by atoms with Gasteiger partial charge in [-0.25, -0.2) is 4.98 Å². The smallest absolute Gasteiger partial charge is 0.234 e. The van der Waals surface area contributed by atoms with E-state index in [1.165, 1.54) is 11.3 Å². The van der Waals surface area contributed by atoms with Gasteiger partial charge < -0.3 is 4.98 Å². The van der Waals surface area contributed by atoms with Gasteiger partial charge in [0, 0.05) is 16.8 Å². The maximum Gasteiger partial charge on any atom is 0.234 e. The molecule has 0 radical (unpaired) electrons. The molecule has 0 aliphatic carbocycles. The van der Waals surface area contributed by atoms with Crippen molar-refractivity contribution in [3.05, 3.63) is 33.2 Å². The number of carbonyl (C=O) groups is 1. The molecule has 2 aromatic rings. The van der Waals surface area contributed by atoms with E-state index < -0.39 is 0 Å². The Labute approximate surface area is 108 Å². The second-order valence-electron chi connectivity index (χ2n) is 3.77. The van der Waals surface area contributed by atoms with E-state index in [1.54, 1.807) is 12.3 Å². The number of hydrogen-bond donors (Lipinski definition) is 2. The van der Waals surface area contributed by atoms with Gasteiger partial charge in [-0.15, -0.1) is 11.3 Å². The Morgan fingerprint density at radius 3 is 2.88 bits per heavy atom. The summed E-state index contributed by atoms with van der Waals surface area (Å²) < 4.78 is 0.688. The number of anilines is 1. The number of amides is 1. The van der Waals surface area contributed by atoms with E-state index in [2.05, 4.69) is 15.3 Å². The van der Waals surface area contributed by atoms with Crippen LogP contribution in [-0.4, -0.2) is 15.9 Å². The van der Waals surface area contributed by atoms with Crippen molar-refractivity contribution in [3.8, 4) is 0 Å². The number of H-pyrrole nitrogens is 1. The summed E-state index contributed by atoms with van der Waals surface area (Å²) in [5.74, 6) is 0.137. The maximum atomic E-state index is 11.9. The molecule has 0 aromatic carbocycles. The molecule has 90 valence electrons. The number of nitrogens with one attached hydrogen (secondary N) is 2. The Kier molecular flexibility index (Phi) is 3.49. The maximum absolute atomic E-state index is 11.9. The summed E-state index contributed by atoms with van der Waals surface area (Å²) in [5.41, 5.74) is 0.909. The number of thiophene rings is 1. The summed E-state index contributed by atoms with van der Waals surface area (Å²) in [5, 5.41) is 2.73. The molecule has 0 bridgehead atoms. The minimum Gasteiger partial charge on any atom is -0.328 e. The first-order valence-corrected chi connectivity index (χ1v) is 6.33. The average molecular weight is 270 g/mol. The first-order chi connectivity index (χ1) is 8.06. The Morgan fingerprint density at radius 1 is 1.59 bits per heavy atom. The number of nitrogens with zero attached hydrogens (tertiary/aromatic N) is 1. The summed E-state index contributed by atoms with van der Waals surface area (Å²) in [6.45, 7) is 3.72. The van der Waals surface area contributed by atoms with Crippen LogP contribution >= 0.6 is 22.9 Å². The zero-order valence-electron chi connectivity index (χ0n) is 9.45. The molecule has 2 aromatic heterocycles. The fraction of sp³-hybridized carbons (Fsp3) is 0.273. The lowest BCUT2D eigenvalue weighted by molar-refractivity contribution is -0.117. The van der Waals surface area contributed by atoms with Crippen molar-refractivity contribution < 1.29 is 4.79 Å². The summed E-state index contributed by atoms with van der Waals surface area (Å²) >= 11 is 7.25. The van der Waals surface area contributed by atoms with Gasteiger partial charge in [0.05, 0.1) is 10.3 Å². The largest absolute Gasteiger partial charge is 0.328 e. The van der Waals surface area contributed by atoms with E-state index in [0.29, 0.717) is 10.3 Å². The third-order valence-electron chi connectivity index (χ3n) is 2.36. The van der Waals surface area contributed by atoms with Gasteiger partial charge in [-0.3, -0.25) is 10.1 Å². The Balaban J connectivity index is 2.05. The molecule has 0 fully saturated rings. The van der Waals surface area contributed by atoms with Crippen molar-refractivity contribution in [3.63, 3.8) is 0 Å². The zero-order chi connectivity index (χ0) is 12.4. The van der Waals surface area contributed by atoms with Crippen LogP contribution < -0.4 is 5.32 Å². The monoisotopic (exact) mass is 269 g/mol. The van der Waals surface area contributed by atoms with Crippen molar-refractivity contribution in [2.75, 3.05) is 5.32 Å². The van der Waals surface area contributed by atoms with Crippen LogP contribution in [0.4, 0.5) is 5.95 Å². The molecule has 0 spiro atoms. The van der Waals surface area contributed by atoms with E-state index in [1.807, 2.05) is 19.9 Å². The van der Waals surface area contributed by atoms with Crippen molar-refractivity contribution in [1.82, 2.24) is 9.97 Å². The van der Waals surface area contributed by atoms with Crippen LogP contribution in [0.5, 0.6) is 0 Å². The first-order valence-electron chi connectivity index (χ1n) is 5.14. The highest BCUT2D eigenvalue weighted by atomic mass is 35.5. The number of aromatic amines is 1. The number of imidazole rings is 1. The van der Waals surface area contributed by atoms with Crippen LogP contribution in [0.25, 0.3) is 0 Å². The van der Waals surface area contributed by atoms with Crippen LogP contribution in [-0.2, 0) is 4.79 Å². The van der Waals surface area contributed by atoms with Crippen molar-refractivity contribution in [1.29, 1.82) is 0 Å². The van der Waals surface area contributed by atoms with Gasteiger partial charge in [0.15, 0.2) is 0 Å². The zero-order valence-corrected chi connectivity index (χ0v) is 11.0. The SMILES string of the molecule is Cc1cnc(NC(=O)C(C)c2ccc(Cl)s2)[nH]1. The van der Waals surface area contributed by atoms with Crippen LogP contribution in [0.1, 0.15) is 23.4 Å². The molecule has 1 unspecified atom stereocenters. The van der Waals surface area contributed by atoms with E-state index in [-0.39, 0.29) is 11.8 Å². The van der Waals surface area contributed by atoms with Gasteiger partial charge in [0.25, 0.3) is 0 Å². The molecule has 1 amide bonds. The lowest BCUT2D eigenvalue weighted by Crippen LogP contribution is -2.18. The Hall–Kier alpha value is -1.33. The molecule has 2 N–H and O–H groups in total. The molecular weight excluding hydrogens is 258 g/mol. The fourth-order valence-corrected chi connectivity index (χ4v) is 2.50. The minimum atomic E-state index is -0.238. The highest BCUT2D eigenvalue weighted by Crippen LogP contribution is 2.28. The van der Waals surface area contributed by atoms with E-state index in [0.717, 1.165) is 10.6 Å². The number of aromatic nitrogens is 2. The Bertz CT molecular complexity index is 534. The molecule has 1 atom stereocenters. The molecule has 0 aliphatic heterocycles. The summed E-state index contributed by atoms with van der Waals surface area (Å²) in [6.07, 6.45) is 1.67. The number of carbonyl (C=O) groups excluding carboxylic acids is 1. The first kappa shape index (κ1) is 12.1. The number of aryl methyl sites for hydroxylation is 1. The number of rotatable bonds is 3. The molecule has 0 aliphatic rings. The summed E-state index contributed by atoms with van der Waals surface area (Å²) in [4.78, 5) is 19.8. The Morgan fingerprint density at radius 2 is 2.35 bits per heavy atom. The highest BCUT2D eigenvalue weighted by molar-refractivity contribution is 7.16. The predicted octanol–water partition coefficient (Wildman–Crippen LogP) is 3.18. The predicted molar refractivity (Wildman–Crippen MR) is 69.7 cm³/mol. The normalized spacial score (nSPS) is 12.4. The molecule has 0 saturated heterocycles. The molecule has 4 nitrogen and oxygen atoms in total. The van der Waals surface area contributed by atoms with E-state index in [9.17, 15) is 4.79 Å². The van der Waals surface area contributed by atoms with Gasteiger partial charge >= 0.3 is 0 Å². The minimum absolute atomic E-state index is 0.0992. The van der Waals surface area contributed by atoms with Crippen LogP contribution in [0, 0.1) is 6.92 Å². The third-order valence-corrected chi connectivity index (χ3v) is 3.77. The van der Waals surface area contributed by atoms with Crippen LogP contribution in [0.15, 0.2) is 18.3 Å². The van der Waals surface area contributed by atoms with Gasteiger partial charge in [0.2, 0.25) is 11.9 Å². The molecule has 0 saturated carbocycles. The van der Waals surface area contributed by atoms with Gasteiger partial charge in [-0.05, 0) is 26.0 Å². The second kappa shape index (κ2) is 4.89. The van der Waals surface area contributed by atoms with Crippen LogP contribution in [0.2, 0.25) is 4.34 Å². The van der Waals surface area contributed by atoms with Crippen LogP contribution in [0.3, 0.4) is 0 Å². The summed E-state index contributed by atoms with van der Waals surface area (Å²) in [7, 11) is 0. The second-order valence-corrected chi connectivity index (χ2v) is 5.51. The lowest BCUT2D eigenvalue weighted by Gasteiger charge is -2.08. The highest BCUT2D eigenvalue weighted by Gasteiger charge is 2.18. The lowest BCUT2D eigenvalue weighted by atomic mass is 10.1. The van der Waals surface area contributed by atoms with Crippen molar-refractivity contribution >= 4 is 34.8 Å². The number of halogens is 1. The van der Waals surface area contributed by atoms with Gasteiger partial charge in [0.1, 0.15) is 0 Å². The molecule has 6 heteroatoms. The quantitative estimate of drug-likeness (QED) is 0.899. The van der Waals surface area contributed by atoms with Gasteiger partial charge in [-0.1, -0.05) is 11.6 Å².